The Morgan fingerprint density at radius 2 is 2.00 bits per heavy atom. The van der Waals surface area contributed by atoms with Gasteiger partial charge in [-0.1, -0.05) is 12.1 Å². The van der Waals surface area contributed by atoms with Crippen LogP contribution in [0, 0.1) is 11.3 Å². The van der Waals surface area contributed by atoms with Crippen LogP contribution in [0.15, 0.2) is 47.0 Å². The number of rotatable bonds is 5. The van der Waals surface area contributed by atoms with Crippen molar-refractivity contribution in [2.75, 3.05) is 36.7 Å². The highest BCUT2D eigenvalue weighted by Gasteiger charge is 2.14. The minimum Gasteiger partial charge on any atom is -0.324 e. The normalized spacial score (nSPS) is 13.7. The maximum atomic E-state index is 12.0. The van der Waals surface area contributed by atoms with Gasteiger partial charge in [0.05, 0.1) is 6.20 Å². The zero-order valence-electron chi connectivity index (χ0n) is 18.2. The van der Waals surface area contributed by atoms with E-state index in [0.29, 0.717) is 23.4 Å². The Labute approximate surface area is 187 Å². The van der Waals surface area contributed by atoms with Crippen molar-refractivity contribution in [1.29, 1.82) is 5.26 Å². The topological polar surface area (TPSA) is 119 Å². The van der Waals surface area contributed by atoms with Crippen LogP contribution in [0.3, 0.4) is 0 Å². The molecule has 1 aliphatic rings. The first-order valence-electron chi connectivity index (χ1n) is 10.0. The highest BCUT2D eigenvalue weighted by molar-refractivity contribution is 7.92. The number of hydrogen-bond donors (Lipinski definition) is 2. The number of fused-ring (bicyclic) bond motifs is 1. The molecule has 0 amide bonds. The summed E-state index contributed by atoms with van der Waals surface area (Å²) in [6.45, 7) is 1.96. The molecule has 32 heavy (non-hydrogen) atoms. The van der Waals surface area contributed by atoms with Gasteiger partial charge in [0.2, 0.25) is 5.95 Å². The molecular weight excluding hydrogens is 424 g/mol. The van der Waals surface area contributed by atoms with E-state index in [1.165, 1.54) is 17.3 Å². The third-order valence-electron chi connectivity index (χ3n) is 4.87. The second-order valence-corrected chi connectivity index (χ2v) is 10.5. The Hall–Kier alpha value is -3.55. The van der Waals surface area contributed by atoms with Crippen LogP contribution in [0.4, 0.5) is 29.1 Å². The molecule has 0 radical (unpaired) electrons. The molecule has 0 spiro atoms. The summed E-state index contributed by atoms with van der Waals surface area (Å²) in [5.74, 6) is 1.46. The molecule has 1 aliphatic heterocycles. The lowest BCUT2D eigenvalue weighted by atomic mass is 9.99. The van der Waals surface area contributed by atoms with E-state index in [0.717, 1.165) is 25.2 Å². The summed E-state index contributed by atoms with van der Waals surface area (Å²) in [7, 11) is -0.226. The van der Waals surface area contributed by atoms with Gasteiger partial charge in [-0.3, -0.25) is 0 Å². The molecule has 2 N–H and O–H groups in total. The van der Waals surface area contributed by atoms with E-state index in [-0.39, 0.29) is 5.56 Å². The number of aromatic nitrogens is 3. The van der Waals surface area contributed by atoms with Crippen molar-refractivity contribution in [1.82, 2.24) is 19.9 Å². The van der Waals surface area contributed by atoms with Crippen molar-refractivity contribution in [3.8, 4) is 6.07 Å². The molecule has 2 aromatic heterocycles. The lowest BCUT2D eigenvalue weighted by molar-refractivity contribution is 0.313. The predicted molar refractivity (Wildman–Crippen MR) is 126 cm³/mol. The summed E-state index contributed by atoms with van der Waals surface area (Å²) < 4.78 is 16.1. The van der Waals surface area contributed by atoms with Gasteiger partial charge in [-0.15, -0.1) is 0 Å². The molecule has 0 bridgehead atoms. The molecule has 10 heteroatoms. The van der Waals surface area contributed by atoms with Gasteiger partial charge in [-0.25, -0.2) is 14.2 Å². The minimum atomic E-state index is -2.34. The lowest BCUT2D eigenvalue weighted by Gasteiger charge is -2.25. The predicted octanol–water partition coefficient (Wildman–Crippen LogP) is 3.58. The zero-order chi connectivity index (χ0) is 22.7. The molecule has 0 saturated heterocycles. The quantitative estimate of drug-likeness (QED) is 0.608. The second kappa shape index (κ2) is 8.90. The van der Waals surface area contributed by atoms with E-state index in [9.17, 15) is 9.47 Å². The van der Waals surface area contributed by atoms with E-state index in [1.807, 2.05) is 6.07 Å². The molecule has 4 rings (SSSR count). The molecule has 0 fully saturated rings. The van der Waals surface area contributed by atoms with Crippen molar-refractivity contribution in [2.45, 2.75) is 13.0 Å². The standard InChI is InChI=1S/C22H24N8OS/c1-30-10-9-15-7-8-18(11-16(15)14-30)25-22-24-13-17(12-23)21(28-22)27-19-5-4-6-20(26-19)29-32(2,3)31/h4-8,11,13H,9-10,14H2,1-3H3,(H2,24,25,26,27,28). The monoisotopic (exact) mass is 448 g/mol. The first-order chi connectivity index (χ1) is 15.3. The van der Waals surface area contributed by atoms with Crippen molar-refractivity contribution >= 4 is 38.8 Å². The molecule has 0 saturated carbocycles. The highest BCUT2D eigenvalue weighted by Crippen LogP contribution is 2.25. The fourth-order valence-corrected chi connectivity index (χ4v) is 3.97. The number of likely N-dealkylation sites (N-methyl/N-ethyl adjacent to an activating group) is 1. The third-order valence-corrected chi connectivity index (χ3v) is 5.50. The molecule has 3 heterocycles. The van der Waals surface area contributed by atoms with E-state index in [4.69, 9.17) is 0 Å². The summed E-state index contributed by atoms with van der Waals surface area (Å²) in [5, 5.41) is 15.7. The number of nitrogens with one attached hydrogen (secondary N) is 2. The first-order valence-corrected chi connectivity index (χ1v) is 12.4. The summed E-state index contributed by atoms with van der Waals surface area (Å²) in [6.07, 6.45) is 5.59. The Morgan fingerprint density at radius 3 is 2.78 bits per heavy atom. The van der Waals surface area contributed by atoms with Gasteiger partial charge in [0, 0.05) is 41.0 Å². The van der Waals surface area contributed by atoms with Gasteiger partial charge in [0.1, 0.15) is 17.5 Å². The second-order valence-electron chi connectivity index (χ2n) is 7.94. The maximum Gasteiger partial charge on any atom is 0.229 e. The number of benzene rings is 1. The van der Waals surface area contributed by atoms with Crippen LogP contribution in [0.5, 0.6) is 0 Å². The van der Waals surface area contributed by atoms with Gasteiger partial charge in [0.25, 0.3) is 0 Å². The van der Waals surface area contributed by atoms with E-state index in [1.54, 1.807) is 30.7 Å². The minimum absolute atomic E-state index is 0.279. The average Bonchev–Trinajstić information content (AvgIpc) is 2.73. The Bertz CT molecular complexity index is 1320. The van der Waals surface area contributed by atoms with Crippen LogP contribution in [0.25, 0.3) is 0 Å². The number of nitriles is 1. The molecule has 0 unspecified atom stereocenters. The fraction of sp³-hybridized carbons (Fsp3) is 0.273. The van der Waals surface area contributed by atoms with E-state index < -0.39 is 9.73 Å². The zero-order valence-corrected chi connectivity index (χ0v) is 19.0. The van der Waals surface area contributed by atoms with E-state index >= 15 is 0 Å². The molecule has 0 aliphatic carbocycles. The van der Waals surface area contributed by atoms with Crippen LogP contribution in [0.1, 0.15) is 16.7 Å². The van der Waals surface area contributed by atoms with Gasteiger partial charge in [0.15, 0.2) is 11.6 Å². The largest absolute Gasteiger partial charge is 0.324 e. The molecule has 9 nitrogen and oxygen atoms in total. The van der Waals surface area contributed by atoms with Crippen LogP contribution in [0.2, 0.25) is 0 Å². The van der Waals surface area contributed by atoms with Crippen LogP contribution < -0.4 is 10.6 Å². The lowest BCUT2D eigenvalue weighted by Crippen LogP contribution is -2.26. The molecule has 1 aromatic carbocycles. The Balaban J connectivity index is 1.59. The summed E-state index contributed by atoms with van der Waals surface area (Å²) in [5.41, 5.74) is 3.80. The summed E-state index contributed by atoms with van der Waals surface area (Å²) >= 11 is 0. The van der Waals surface area contributed by atoms with Crippen LogP contribution in [-0.4, -0.2) is 50.2 Å². The SMILES string of the molecule is CN1CCc2ccc(Nc3ncc(C#N)c(Nc4cccc(N=S(C)(C)=O)n4)n3)cc2C1. The summed E-state index contributed by atoms with van der Waals surface area (Å²) in [6, 6.07) is 13.5. The van der Waals surface area contributed by atoms with Gasteiger partial charge >= 0.3 is 0 Å². The number of pyridine rings is 1. The van der Waals surface area contributed by atoms with Crippen LogP contribution >= 0.6 is 0 Å². The van der Waals surface area contributed by atoms with Crippen molar-refractivity contribution in [3.05, 3.63) is 59.3 Å². The molecule has 0 atom stereocenters. The molecule has 3 aromatic rings. The highest BCUT2D eigenvalue weighted by atomic mass is 32.2. The smallest absolute Gasteiger partial charge is 0.229 e. The van der Waals surface area contributed by atoms with Crippen molar-refractivity contribution in [2.24, 2.45) is 4.36 Å². The first kappa shape index (κ1) is 21.7. The molecular formula is C22H24N8OS. The fourth-order valence-electron chi connectivity index (χ4n) is 3.41. The number of anilines is 4. The average molecular weight is 449 g/mol. The van der Waals surface area contributed by atoms with Crippen molar-refractivity contribution < 1.29 is 4.21 Å². The van der Waals surface area contributed by atoms with Gasteiger partial charge in [-0.2, -0.15) is 14.6 Å². The number of hydrogen-bond acceptors (Lipinski definition) is 9. The van der Waals surface area contributed by atoms with E-state index in [2.05, 4.69) is 60.1 Å². The van der Waals surface area contributed by atoms with Crippen LogP contribution in [-0.2, 0) is 22.7 Å². The van der Waals surface area contributed by atoms with Crippen molar-refractivity contribution in [3.63, 3.8) is 0 Å². The molecule has 164 valence electrons. The van der Waals surface area contributed by atoms with Gasteiger partial charge in [-0.05, 0) is 48.9 Å². The van der Waals surface area contributed by atoms with Gasteiger partial charge < -0.3 is 15.5 Å². The maximum absolute atomic E-state index is 12.0. The number of nitrogens with zero attached hydrogens (tertiary/aromatic N) is 6. The Kier molecular flexibility index (Phi) is 6.03. The summed E-state index contributed by atoms with van der Waals surface area (Å²) in [4.78, 5) is 15.4. The Morgan fingerprint density at radius 1 is 1.16 bits per heavy atom. The third kappa shape index (κ3) is 5.38.